The zero-order valence-electron chi connectivity index (χ0n) is 14.7. The fraction of sp³-hybridized carbons (Fsp3) is 0.650. The molecule has 2 aliphatic heterocycles. The Labute approximate surface area is 149 Å². The number of piperidine rings is 1. The van der Waals surface area contributed by atoms with Gasteiger partial charge in [0, 0.05) is 18.6 Å². The molecule has 2 N–H and O–H groups in total. The van der Waals surface area contributed by atoms with Crippen molar-refractivity contribution in [2.24, 2.45) is 5.92 Å². The Balaban J connectivity index is 1.36. The number of halogens is 1. The molecule has 2 heterocycles. The van der Waals surface area contributed by atoms with Gasteiger partial charge in [-0.15, -0.1) is 0 Å². The number of amides is 2. The molecule has 1 aromatic carbocycles. The van der Waals surface area contributed by atoms with Crippen LogP contribution in [0.3, 0.4) is 0 Å². The molecule has 0 aromatic heterocycles. The van der Waals surface area contributed by atoms with Crippen LogP contribution in [-0.2, 0) is 0 Å². The Morgan fingerprint density at radius 2 is 1.88 bits per heavy atom. The fourth-order valence-electron chi connectivity index (χ4n) is 4.64. The maximum Gasteiger partial charge on any atom is 0.315 e. The summed E-state index contributed by atoms with van der Waals surface area (Å²) in [5.41, 5.74) is 1.01. The van der Waals surface area contributed by atoms with Crippen LogP contribution in [0, 0.1) is 11.7 Å². The molecule has 3 fully saturated rings. The first-order chi connectivity index (χ1) is 12.2. The van der Waals surface area contributed by atoms with Crippen LogP contribution in [0.15, 0.2) is 24.3 Å². The third kappa shape index (κ3) is 3.81. The van der Waals surface area contributed by atoms with Crippen molar-refractivity contribution in [3.8, 4) is 0 Å². The average molecular weight is 345 g/mol. The molecule has 0 bridgehead atoms. The second-order valence-corrected chi connectivity index (χ2v) is 7.89. The molecule has 0 spiro atoms. The first-order valence-electron chi connectivity index (χ1n) is 9.75. The highest BCUT2D eigenvalue weighted by molar-refractivity contribution is 5.74. The number of carbonyl (C=O) groups is 1. The van der Waals surface area contributed by atoms with Crippen LogP contribution in [0.2, 0.25) is 0 Å². The predicted molar refractivity (Wildman–Crippen MR) is 95.8 cm³/mol. The molecule has 0 radical (unpaired) electrons. The van der Waals surface area contributed by atoms with Gasteiger partial charge in [0.2, 0.25) is 0 Å². The van der Waals surface area contributed by atoms with Gasteiger partial charge >= 0.3 is 6.03 Å². The van der Waals surface area contributed by atoms with E-state index in [1.807, 2.05) is 0 Å². The third-order valence-corrected chi connectivity index (χ3v) is 6.29. The molecule has 136 valence electrons. The van der Waals surface area contributed by atoms with Crippen molar-refractivity contribution in [1.82, 2.24) is 15.5 Å². The highest BCUT2D eigenvalue weighted by atomic mass is 19.1. The summed E-state index contributed by atoms with van der Waals surface area (Å²) in [6.07, 6.45) is 8.13. The Kier molecular flexibility index (Phi) is 4.93. The normalized spacial score (nSPS) is 28.0. The second kappa shape index (κ2) is 7.32. The van der Waals surface area contributed by atoms with Crippen molar-refractivity contribution in [1.29, 1.82) is 0 Å². The van der Waals surface area contributed by atoms with E-state index in [0.717, 1.165) is 37.8 Å². The highest BCUT2D eigenvalue weighted by Crippen LogP contribution is 2.37. The smallest absolute Gasteiger partial charge is 0.315 e. The largest absolute Gasteiger partial charge is 0.335 e. The molecule has 0 unspecified atom stereocenters. The molecule has 2 saturated heterocycles. The van der Waals surface area contributed by atoms with E-state index >= 15 is 0 Å². The molecule has 1 saturated carbocycles. The molecule has 1 aliphatic carbocycles. The van der Waals surface area contributed by atoms with Crippen molar-refractivity contribution >= 4 is 6.03 Å². The topological polar surface area (TPSA) is 44.4 Å². The molecular formula is C20H28FN3O. The van der Waals surface area contributed by atoms with Crippen molar-refractivity contribution in [3.05, 3.63) is 35.6 Å². The monoisotopic (exact) mass is 345 g/mol. The van der Waals surface area contributed by atoms with E-state index in [1.54, 1.807) is 12.1 Å². The van der Waals surface area contributed by atoms with Gasteiger partial charge in [0.25, 0.3) is 0 Å². The molecule has 4 rings (SSSR count). The summed E-state index contributed by atoms with van der Waals surface area (Å²) in [6.45, 7) is 2.32. The molecule has 25 heavy (non-hydrogen) atoms. The van der Waals surface area contributed by atoms with Gasteiger partial charge in [0.15, 0.2) is 0 Å². The lowest BCUT2D eigenvalue weighted by molar-refractivity contribution is 0.162. The number of fused-ring (bicyclic) bond motifs is 1. The van der Waals surface area contributed by atoms with E-state index in [1.165, 1.54) is 37.9 Å². The van der Waals surface area contributed by atoms with Crippen molar-refractivity contribution in [2.45, 2.75) is 63.1 Å². The van der Waals surface area contributed by atoms with Crippen LogP contribution in [-0.4, -0.2) is 36.1 Å². The van der Waals surface area contributed by atoms with Crippen LogP contribution in [0.4, 0.5) is 9.18 Å². The lowest BCUT2D eigenvalue weighted by atomic mass is 9.77. The Morgan fingerprint density at radius 3 is 2.60 bits per heavy atom. The first-order valence-corrected chi connectivity index (χ1v) is 9.75. The van der Waals surface area contributed by atoms with E-state index in [-0.39, 0.29) is 23.9 Å². The van der Waals surface area contributed by atoms with Gasteiger partial charge in [0.05, 0.1) is 6.04 Å². The maximum absolute atomic E-state index is 13.2. The van der Waals surface area contributed by atoms with Crippen LogP contribution in [0.25, 0.3) is 0 Å². The number of carbonyl (C=O) groups excluding carboxylic acids is 1. The number of rotatable bonds is 4. The molecule has 2 amide bonds. The Hall–Kier alpha value is -1.62. The number of benzene rings is 1. The summed E-state index contributed by atoms with van der Waals surface area (Å²) in [4.78, 5) is 15.1. The standard InChI is InChI=1S/C20H28FN3O/c21-16-8-6-15(7-9-16)19(14-3-1-4-14)23-20(25)22-17-10-12-24-11-2-5-18(24)13-17/h6-9,14,17-19H,1-5,10-13H2,(H2,22,23,25)/t17-,18-,19+/m1/s1. The number of nitrogens with one attached hydrogen (secondary N) is 2. The van der Waals surface area contributed by atoms with E-state index in [0.29, 0.717) is 12.0 Å². The average Bonchev–Trinajstić information content (AvgIpc) is 3.01. The van der Waals surface area contributed by atoms with Gasteiger partial charge < -0.3 is 15.5 Å². The summed E-state index contributed by atoms with van der Waals surface area (Å²) < 4.78 is 13.2. The van der Waals surface area contributed by atoms with E-state index in [2.05, 4.69) is 15.5 Å². The summed E-state index contributed by atoms with van der Waals surface area (Å²) in [5.74, 6) is 0.233. The van der Waals surface area contributed by atoms with E-state index in [4.69, 9.17) is 0 Å². The number of hydrogen-bond acceptors (Lipinski definition) is 2. The van der Waals surface area contributed by atoms with Crippen molar-refractivity contribution in [2.75, 3.05) is 13.1 Å². The molecule has 1 aromatic rings. The summed E-state index contributed by atoms with van der Waals surface area (Å²) >= 11 is 0. The lowest BCUT2D eigenvalue weighted by Gasteiger charge is -2.37. The van der Waals surface area contributed by atoms with Gasteiger partial charge in [-0.2, -0.15) is 0 Å². The van der Waals surface area contributed by atoms with Gasteiger partial charge in [-0.3, -0.25) is 0 Å². The second-order valence-electron chi connectivity index (χ2n) is 7.89. The molecular weight excluding hydrogens is 317 g/mol. The Morgan fingerprint density at radius 1 is 1.08 bits per heavy atom. The zero-order chi connectivity index (χ0) is 17.2. The highest BCUT2D eigenvalue weighted by Gasteiger charge is 2.34. The van der Waals surface area contributed by atoms with Gasteiger partial charge in [-0.1, -0.05) is 18.6 Å². The Bertz CT molecular complexity index is 601. The van der Waals surface area contributed by atoms with Crippen LogP contribution in [0.5, 0.6) is 0 Å². The van der Waals surface area contributed by atoms with Crippen LogP contribution < -0.4 is 10.6 Å². The van der Waals surface area contributed by atoms with Crippen molar-refractivity contribution < 1.29 is 9.18 Å². The summed E-state index contributed by atoms with van der Waals surface area (Å²) in [6, 6.07) is 7.41. The third-order valence-electron chi connectivity index (χ3n) is 6.29. The minimum Gasteiger partial charge on any atom is -0.335 e. The minimum absolute atomic E-state index is 0.0130. The van der Waals surface area contributed by atoms with Crippen molar-refractivity contribution in [3.63, 3.8) is 0 Å². The minimum atomic E-state index is -0.233. The maximum atomic E-state index is 13.2. The predicted octanol–water partition coefficient (Wildman–Crippen LogP) is 3.59. The fourth-order valence-corrected chi connectivity index (χ4v) is 4.64. The molecule has 3 atom stereocenters. The summed E-state index contributed by atoms with van der Waals surface area (Å²) in [7, 11) is 0. The van der Waals surface area contributed by atoms with Crippen LogP contribution in [0.1, 0.15) is 56.6 Å². The molecule has 5 heteroatoms. The molecule has 4 nitrogen and oxygen atoms in total. The SMILES string of the molecule is O=C(N[C@@H]1CCN2CCC[C@@H]2C1)N[C@H](c1ccc(F)cc1)C1CCC1. The zero-order valence-corrected chi connectivity index (χ0v) is 14.7. The summed E-state index contributed by atoms with van der Waals surface area (Å²) in [5, 5.41) is 6.37. The number of nitrogens with zero attached hydrogens (tertiary/aromatic N) is 1. The van der Waals surface area contributed by atoms with Crippen LogP contribution >= 0.6 is 0 Å². The number of hydrogen-bond donors (Lipinski definition) is 2. The van der Waals surface area contributed by atoms with Gasteiger partial charge in [-0.25, -0.2) is 9.18 Å². The van der Waals surface area contributed by atoms with E-state index in [9.17, 15) is 9.18 Å². The number of urea groups is 1. The van der Waals surface area contributed by atoms with Gasteiger partial charge in [-0.05, 0) is 68.7 Å². The van der Waals surface area contributed by atoms with E-state index < -0.39 is 0 Å². The quantitative estimate of drug-likeness (QED) is 0.876. The lowest BCUT2D eigenvalue weighted by Crippen LogP contribution is -2.51. The molecule has 3 aliphatic rings. The van der Waals surface area contributed by atoms with Gasteiger partial charge in [0.1, 0.15) is 5.82 Å². The first kappa shape index (κ1) is 16.8.